The number of nitrogens with zero attached hydrogens (tertiary/aromatic N) is 4. The van der Waals surface area contributed by atoms with Crippen LogP contribution in [0, 0.1) is 0 Å². The highest BCUT2D eigenvalue weighted by atomic mass is 35.5. The minimum Gasteiger partial charge on any atom is -0.384 e. The van der Waals surface area contributed by atoms with E-state index >= 15 is 0 Å². The molecule has 2 amide bonds. The number of nitrogens with one attached hydrogen (secondary N) is 2. The maximum Gasteiger partial charge on any atom is 0.272 e. The zero-order chi connectivity index (χ0) is 25.8. The number of carbonyl (C=O) groups excluding carboxylic acids is 2. The van der Waals surface area contributed by atoms with Crippen molar-refractivity contribution < 1.29 is 9.59 Å². The minimum absolute atomic E-state index is 0.151. The standard InChI is InChI=1S/C27H22ClN7O2/c28-21-10-9-18(22-7-4-8-24(29)32-22)13-20(21)26(36)33-25-14-23(27(37)31-16-17-11-12-30-15-17)34-35(25)19-5-2-1-3-6-19/h1-11,13-15H,12,16H2,(H2,29,32)(H,31,37)(H,33,36). The summed E-state index contributed by atoms with van der Waals surface area (Å²) in [6, 6.07) is 21.0. The highest BCUT2D eigenvalue weighted by molar-refractivity contribution is 6.34. The van der Waals surface area contributed by atoms with E-state index in [9.17, 15) is 9.59 Å². The van der Waals surface area contributed by atoms with E-state index in [0.717, 1.165) is 5.57 Å². The number of rotatable bonds is 7. The van der Waals surface area contributed by atoms with E-state index < -0.39 is 5.91 Å². The molecule has 0 fully saturated rings. The Morgan fingerprint density at radius 1 is 1.00 bits per heavy atom. The molecule has 4 aromatic rings. The number of carbonyl (C=O) groups is 2. The third-order valence-corrected chi connectivity index (χ3v) is 5.96. The van der Waals surface area contributed by atoms with Crippen molar-refractivity contribution in [2.24, 2.45) is 4.99 Å². The number of anilines is 2. The smallest absolute Gasteiger partial charge is 0.272 e. The molecular weight excluding hydrogens is 490 g/mol. The van der Waals surface area contributed by atoms with Crippen LogP contribution in [0.25, 0.3) is 16.9 Å². The lowest BCUT2D eigenvalue weighted by atomic mass is 10.1. The largest absolute Gasteiger partial charge is 0.384 e. The van der Waals surface area contributed by atoms with Crippen LogP contribution in [0.5, 0.6) is 0 Å². The quantitative estimate of drug-likeness (QED) is 0.343. The van der Waals surface area contributed by atoms with Crippen molar-refractivity contribution in [2.45, 2.75) is 0 Å². The van der Waals surface area contributed by atoms with E-state index in [-0.39, 0.29) is 22.2 Å². The van der Waals surface area contributed by atoms with Gasteiger partial charge in [-0.2, -0.15) is 5.10 Å². The molecule has 4 N–H and O–H groups in total. The second kappa shape index (κ2) is 10.5. The van der Waals surface area contributed by atoms with Crippen LogP contribution in [0.2, 0.25) is 5.02 Å². The summed E-state index contributed by atoms with van der Waals surface area (Å²) in [6.45, 7) is 0.949. The fourth-order valence-electron chi connectivity index (χ4n) is 3.78. The molecule has 0 atom stereocenters. The molecular formula is C27H22ClN7O2. The van der Waals surface area contributed by atoms with Gasteiger partial charge in [0.15, 0.2) is 5.69 Å². The Labute approximate surface area is 217 Å². The molecule has 0 spiro atoms. The lowest BCUT2D eigenvalue weighted by Crippen LogP contribution is -2.26. The zero-order valence-corrected chi connectivity index (χ0v) is 20.3. The van der Waals surface area contributed by atoms with Crippen LogP contribution in [0.1, 0.15) is 20.8 Å². The van der Waals surface area contributed by atoms with E-state index in [0.29, 0.717) is 41.7 Å². The summed E-state index contributed by atoms with van der Waals surface area (Å²) in [6.07, 6.45) is 3.66. The van der Waals surface area contributed by atoms with Crippen LogP contribution in [0.3, 0.4) is 0 Å². The van der Waals surface area contributed by atoms with Crippen LogP contribution in [-0.2, 0) is 0 Å². The Hall–Kier alpha value is -4.76. The number of hydrogen-bond acceptors (Lipinski definition) is 6. The second-order valence-electron chi connectivity index (χ2n) is 8.21. The van der Waals surface area contributed by atoms with E-state index in [4.69, 9.17) is 17.3 Å². The molecule has 2 aromatic heterocycles. The molecule has 2 aromatic carbocycles. The van der Waals surface area contributed by atoms with Crippen LogP contribution in [-0.4, -0.2) is 45.9 Å². The highest BCUT2D eigenvalue weighted by Crippen LogP contribution is 2.26. The minimum atomic E-state index is -0.466. The molecule has 184 valence electrons. The second-order valence-corrected chi connectivity index (χ2v) is 8.62. The average Bonchev–Trinajstić information content (AvgIpc) is 3.58. The van der Waals surface area contributed by atoms with Crippen molar-refractivity contribution in [3.8, 4) is 16.9 Å². The molecule has 0 saturated heterocycles. The number of pyridine rings is 1. The van der Waals surface area contributed by atoms with Crippen molar-refractivity contribution in [1.82, 2.24) is 20.1 Å². The van der Waals surface area contributed by atoms with Gasteiger partial charge in [0.2, 0.25) is 0 Å². The predicted molar refractivity (Wildman–Crippen MR) is 144 cm³/mol. The van der Waals surface area contributed by atoms with Crippen LogP contribution < -0.4 is 16.4 Å². The van der Waals surface area contributed by atoms with Gasteiger partial charge in [0, 0.05) is 24.4 Å². The number of nitrogen functional groups attached to an aromatic ring is 1. The molecule has 0 saturated carbocycles. The van der Waals surface area contributed by atoms with Gasteiger partial charge in [-0.05, 0) is 42.0 Å². The number of benzene rings is 2. The molecule has 9 nitrogen and oxygen atoms in total. The number of hydrogen-bond donors (Lipinski definition) is 3. The van der Waals surface area contributed by atoms with E-state index in [2.05, 4.69) is 25.7 Å². The van der Waals surface area contributed by atoms with E-state index in [1.807, 2.05) is 36.4 Å². The molecule has 1 aliphatic rings. The molecule has 0 aliphatic carbocycles. The maximum atomic E-state index is 13.3. The van der Waals surface area contributed by atoms with Gasteiger partial charge in [0.25, 0.3) is 11.8 Å². The van der Waals surface area contributed by atoms with E-state index in [1.54, 1.807) is 42.6 Å². The predicted octanol–water partition coefficient (Wildman–Crippen LogP) is 4.16. The zero-order valence-electron chi connectivity index (χ0n) is 19.6. The molecule has 37 heavy (non-hydrogen) atoms. The molecule has 5 rings (SSSR count). The number of para-hydroxylation sites is 1. The summed E-state index contributed by atoms with van der Waals surface area (Å²) < 4.78 is 1.50. The Morgan fingerprint density at radius 3 is 2.59 bits per heavy atom. The molecule has 3 heterocycles. The number of aromatic nitrogens is 3. The fourth-order valence-corrected chi connectivity index (χ4v) is 3.99. The van der Waals surface area contributed by atoms with Gasteiger partial charge in [0.1, 0.15) is 11.6 Å². The topological polar surface area (TPSA) is 127 Å². The number of amides is 2. The number of aliphatic imine (C=N–C) groups is 1. The lowest BCUT2D eigenvalue weighted by molar-refractivity contribution is 0.0951. The first-order valence-corrected chi connectivity index (χ1v) is 11.8. The molecule has 1 aliphatic heterocycles. The summed E-state index contributed by atoms with van der Waals surface area (Å²) in [5.41, 5.74) is 9.10. The van der Waals surface area contributed by atoms with Crippen molar-refractivity contribution >= 4 is 41.3 Å². The van der Waals surface area contributed by atoms with Gasteiger partial charge in [-0.3, -0.25) is 14.6 Å². The third-order valence-electron chi connectivity index (χ3n) is 5.63. The van der Waals surface area contributed by atoms with Crippen LogP contribution in [0.4, 0.5) is 11.6 Å². The Bertz CT molecular complexity index is 1540. The molecule has 0 unspecified atom stereocenters. The Morgan fingerprint density at radius 2 is 1.84 bits per heavy atom. The van der Waals surface area contributed by atoms with Gasteiger partial charge < -0.3 is 16.4 Å². The SMILES string of the molecule is Nc1cccc(-c2ccc(Cl)c(C(=O)Nc3cc(C(=O)NCC4=CCN=C4)nn3-c3ccccc3)c2)n1. The normalized spacial score (nSPS) is 12.3. The lowest BCUT2D eigenvalue weighted by Gasteiger charge is -2.11. The fraction of sp³-hybridized carbons (Fsp3) is 0.0741. The van der Waals surface area contributed by atoms with Crippen molar-refractivity contribution in [2.75, 3.05) is 24.1 Å². The molecule has 0 radical (unpaired) electrons. The van der Waals surface area contributed by atoms with Crippen LogP contribution in [0.15, 0.2) is 89.4 Å². The summed E-state index contributed by atoms with van der Waals surface area (Å²) in [7, 11) is 0. The van der Waals surface area contributed by atoms with Gasteiger partial charge >= 0.3 is 0 Å². The first-order chi connectivity index (χ1) is 18.0. The number of nitrogens with two attached hydrogens (primary N) is 1. The van der Waals surface area contributed by atoms with Gasteiger partial charge in [-0.15, -0.1) is 0 Å². The van der Waals surface area contributed by atoms with Crippen molar-refractivity contribution in [1.29, 1.82) is 0 Å². The number of halogens is 1. The summed E-state index contributed by atoms with van der Waals surface area (Å²) in [4.78, 5) is 34.6. The van der Waals surface area contributed by atoms with Gasteiger partial charge in [0.05, 0.1) is 28.5 Å². The average molecular weight is 512 g/mol. The first-order valence-electron chi connectivity index (χ1n) is 11.4. The molecule has 10 heteroatoms. The van der Waals surface area contributed by atoms with Crippen molar-refractivity contribution in [3.05, 3.63) is 101 Å². The Balaban J connectivity index is 1.44. The third kappa shape index (κ3) is 5.41. The summed E-state index contributed by atoms with van der Waals surface area (Å²) in [5.74, 6) is -0.162. The van der Waals surface area contributed by atoms with Gasteiger partial charge in [-0.1, -0.05) is 48.0 Å². The molecule has 0 bridgehead atoms. The van der Waals surface area contributed by atoms with Crippen molar-refractivity contribution in [3.63, 3.8) is 0 Å². The summed E-state index contributed by atoms with van der Waals surface area (Å²) in [5, 5.41) is 10.4. The maximum absolute atomic E-state index is 13.3. The van der Waals surface area contributed by atoms with Gasteiger partial charge in [-0.25, -0.2) is 9.67 Å². The Kier molecular flexibility index (Phi) is 6.78. The van der Waals surface area contributed by atoms with E-state index in [1.165, 1.54) is 10.7 Å². The summed E-state index contributed by atoms with van der Waals surface area (Å²) >= 11 is 6.38. The first kappa shape index (κ1) is 24.0. The van der Waals surface area contributed by atoms with Crippen LogP contribution >= 0.6 is 11.6 Å². The highest BCUT2D eigenvalue weighted by Gasteiger charge is 2.20. The monoisotopic (exact) mass is 511 g/mol.